The van der Waals surface area contributed by atoms with Crippen LogP contribution in [0.2, 0.25) is 0 Å². The highest BCUT2D eigenvalue weighted by Gasteiger charge is 2.68. The normalized spacial score (nSPS) is 20.6. The predicted octanol–water partition coefficient (Wildman–Crippen LogP) is 3.50. The number of nitrogens with one attached hydrogen (secondary N) is 1. The molecule has 0 aliphatic heterocycles. The molecule has 114 valence electrons. The fraction of sp³-hybridized carbons (Fsp3) is 0.529. The van der Waals surface area contributed by atoms with Crippen LogP contribution in [0.4, 0.5) is 5.69 Å². The number of benzene rings is 1. The van der Waals surface area contributed by atoms with Gasteiger partial charge in [0, 0.05) is 11.6 Å². The molecule has 0 bridgehead atoms. The van der Waals surface area contributed by atoms with Crippen molar-refractivity contribution in [3.63, 3.8) is 0 Å². The van der Waals surface area contributed by atoms with E-state index in [2.05, 4.69) is 33.0 Å². The third kappa shape index (κ3) is 2.55. The topological polar surface area (TPSA) is 66.4 Å². The van der Waals surface area contributed by atoms with E-state index in [-0.39, 0.29) is 22.7 Å². The van der Waals surface area contributed by atoms with Gasteiger partial charge >= 0.3 is 5.97 Å². The molecule has 0 spiro atoms. The van der Waals surface area contributed by atoms with Crippen LogP contribution in [-0.2, 0) is 9.59 Å². The third-order valence-corrected chi connectivity index (χ3v) is 5.33. The zero-order valence-corrected chi connectivity index (χ0v) is 13.2. The predicted molar refractivity (Wildman–Crippen MR) is 82.2 cm³/mol. The third-order valence-electron chi connectivity index (χ3n) is 5.33. The van der Waals surface area contributed by atoms with Crippen LogP contribution >= 0.6 is 0 Å². The summed E-state index contributed by atoms with van der Waals surface area (Å²) in [6.45, 7) is 10.1. The summed E-state index contributed by atoms with van der Waals surface area (Å²) in [6.07, 6.45) is 0. The van der Waals surface area contributed by atoms with E-state index >= 15 is 0 Å². The summed E-state index contributed by atoms with van der Waals surface area (Å²) in [5.41, 5.74) is 1.45. The molecule has 0 saturated heterocycles. The molecule has 0 heterocycles. The quantitative estimate of drug-likeness (QED) is 0.891. The Balaban J connectivity index is 2.05. The lowest BCUT2D eigenvalue weighted by atomic mass is 10.0. The van der Waals surface area contributed by atoms with E-state index in [1.807, 2.05) is 0 Å². The van der Waals surface area contributed by atoms with Crippen molar-refractivity contribution in [2.75, 3.05) is 5.32 Å². The average molecular weight is 289 g/mol. The molecule has 1 unspecified atom stereocenters. The molecule has 1 aliphatic carbocycles. The number of aliphatic carboxylic acids is 1. The molecule has 1 atom stereocenters. The molecule has 1 saturated carbocycles. The molecule has 0 radical (unpaired) electrons. The Morgan fingerprint density at radius 3 is 1.95 bits per heavy atom. The number of hydrogen-bond acceptors (Lipinski definition) is 2. The Hall–Kier alpha value is -1.84. The first-order chi connectivity index (χ1) is 9.59. The molecule has 1 aromatic carbocycles. The van der Waals surface area contributed by atoms with Gasteiger partial charge in [0.1, 0.15) is 0 Å². The van der Waals surface area contributed by atoms with E-state index in [1.54, 1.807) is 31.2 Å². The maximum Gasteiger partial charge on any atom is 0.310 e. The fourth-order valence-electron chi connectivity index (χ4n) is 3.06. The van der Waals surface area contributed by atoms with E-state index < -0.39 is 11.9 Å². The Bertz CT molecular complexity index is 558. The summed E-state index contributed by atoms with van der Waals surface area (Å²) >= 11 is 0. The first kappa shape index (κ1) is 15.5. The van der Waals surface area contributed by atoms with Crippen molar-refractivity contribution in [2.24, 2.45) is 16.7 Å². The van der Waals surface area contributed by atoms with Gasteiger partial charge < -0.3 is 10.4 Å². The minimum Gasteiger partial charge on any atom is -0.481 e. The summed E-state index contributed by atoms with van der Waals surface area (Å²) in [5, 5.41) is 11.9. The molecule has 2 N–H and O–H groups in total. The summed E-state index contributed by atoms with van der Waals surface area (Å²) < 4.78 is 0. The van der Waals surface area contributed by atoms with Gasteiger partial charge in [0.25, 0.3) is 0 Å². The number of carbonyl (C=O) groups excluding carboxylic acids is 1. The van der Waals surface area contributed by atoms with Crippen molar-refractivity contribution in [1.82, 2.24) is 0 Å². The first-order valence-corrected chi connectivity index (χ1v) is 7.22. The highest BCUT2D eigenvalue weighted by Crippen LogP contribution is 2.68. The standard InChI is InChI=1S/C17H23NO3/c1-10(15(20)21)11-6-8-12(9-7-11)18-14(19)13-16(2,3)17(13,4)5/h6-10,13H,1-5H3,(H,18,19)(H,20,21). The van der Waals surface area contributed by atoms with Crippen LogP contribution < -0.4 is 5.32 Å². The number of hydrogen-bond donors (Lipinski definition) is 2. The molecule has 1 amide bonds. The SMILES string of the molecule is CC(C(=O)O)c1ccc(NC(=O)C2C(C)(C)C2(C)C)cc1. The van der Waals surface area contributed by atoms with Crippen LogP contribution in [0.25, 0.3) is 0 Å². The summed E-state index contributed by atoms with van der Waals surface area (Å²) in [5.74, 6) is -1.36. The number of carboxylic acid groups (broad SMARTS) is 1. The van der Waals surface area contributed by atoms with Crippen molar-refractivity contribution in [2.45, 2.75) is 40.5 Å². The molecular formula is C17H23NO3. The zero-order chi connectivity index (χ0) is 16.0. The Morgan fingerprint density at radius 2 is 1.57 bits per heavy atom. The molecule has 1 aliphatic rings. The molecule has 0 aromatic heterocycles. The lowest BCUT2D eigenvalue weighted by molar-refractivity contribution is -0.138. The minimum absolute atomic E-state index is 0.00243. The fourth-order valence-corrected chi connectivity index (χ4v) is 3.06. The molecule has 1 fully saturated rings. The zero-order valence-electron chi connectivity index (χ0n) is 13.2. The summed E-state index contributed by atoms with van der Waals surface area (Å²) in [7, 11) is 0. The van der Waals surface area contributed by atoms with Gasteiger partial charge in [0.2, 0.25) is 5.91 Å². The van der Waals surface area contributed by atoms with Crippen LogP contribution in [0, 0.1) is 16.7 Å². The smallest absolute Gasteiger partial charge is 0.310 e. The number of carboxylic acids is 1. The van der Waals surface area contributed by atoms with E-state index in [4.69, 9.17) is 5.11 Å². The van der Waals surface area contributed by atoms with Crippen LogP contribution in [0.1, 0.15) is 46.1 Å². The summed E-state index contributed by atoms with van der Waals surface area (Å²) in [4.78, 5) is 23.3. The van der Waals surface area contributed by atoms with E-state index in [0.29, 0.717) is 5.69 Å². The lowest BCUT2D eigenvalue weighted by Crippen LogP contribution is -2.17. The van der Waals surface area contributed by atoms with Crippen LogP contribution in [-0.4, -0.2) is 17.0 Å². The second kappa shape index (κ2) is 4.86. The van der Waals surface area contributed by atoms with E-state index in [0.717, 1.165) is 5.56 Å². The molecule has 4 nitrogen and oxygen atoms in total. The van der Waals surface area contributed by atoms with Crippen molar-refractivity contribution in [3.8, 4) is 0 Å². The monoisotopic (exact) mass is 289 g/mol. The first-order valence-electron chi connectivity index (χ1n) is 7.22. The summed E-state index contributed by atoms with van der Waals surface area (Å²) in [6, 6.07) is 7.01. The Morgan fingerprint density at radius 1 is 1.10 bits per heavy atom. The number of anilines is 1. The van der Waals surface area contributed by atoms with Gasteiger partial charge in [-0.2, -0.15) is 0 Å². The minimum atomic E-state index is -0.853. The second-order valence-corrected chi connectivity index (χ2v) is 7.05. The maximum atomic E-state index is 12.3. The molecule has 21 heavy (non-hydrogen) atoms. The van der Waals surface area contributed by atoms with E-state index in [9.17, 15) is 9.59 Å². The number of rotatable bonds is 4. The lowest BCUT2D eigenvalue weighted by Gasteiger charge is -2.09. The van der Waals surface area contributed by atoms with Gasteiger partial charge in [-0.1, -0.05) is 39.8 Å². The molecular weight excluding hydrogens is 266 g/mol. The van der Waals surface area contributed by atoms with Gasteiger partial charge in [0.15, 0.2) is 0 Å². The highest BCUT2D eigenvalue weighted by atomic mass is 16.4. The molecule has 1 aromatic rings. The second-order valence-electron chi connectivity index (χ2n) is 7.05. The Kier molecular flexibility index (Phi) is 3.60. The average Bonchev–Trinajstić information content (AvgIpc) is 2.79. The molecule has 4 heteroatoms. The molecule has 2 rings (SSSR count). The van der Waals surface area contributed by atoms with Gasteiger partial charge in [0.05, 0.1) is 5.92 Å². The largest absolute Gasteiger partial charge is 0.481 e. The number of amides is 1. The van der Waals surface area contributed by atoms with Crippen LogP contribution in [0.3, 0.4) is 0 Å². The van der Waals surface area contributed by atoms with Gasteiger partial charge in [-0.3, -0.25) is 9.59 Å². The van der Waals surface area contributed by atoms with Crippen molar-refractivity contribution in [3.05, 3.63) is 29.8 Å². The maximum absolute atomic E-state index is 12.3. The van der Waals surface area contributed by atoms with Gasteiger partial charge in [-0.15, -0.1) is 0 Å². The highest BCUT2D eigenvalue weighted by molar-refractivity contribution is 5.96. The van der Waals surface area contributed by atoms with Crippen LogP contribution in [0.5, 0.6) is 0 Å². The van der Waals surface area contributed by atoms with Crippen molar-refractivity contribution in [1.29, 1.82) is 0 Å². The van der Waals surface area contributed by atoms with E-state index in [1.165, 1.54) is 0 Å². The van der Waals surface area contributed by atoms with Crippen molar-refractivity contribution >= 4 is 17.6 Å². The van der Waals surface area contributed by atoms with Crippen molar-refractivity contribution < 1.29 is 14.7 Å². The van der Waals surface area contributed by atoms with Crippen LogP contribution in [0.15, 0.2) is 24.3 Å². The number of carbonyl (C=O) groups is 2. The van der Waals surface area contributed by atoms with Gasteiger partial charge in [-0.25, -0.2) is 0 Å². The van der Waals surface area contributed by atoms with Gasteiger partial charge in [-0.05, 0) is 35.4 Å². The Labute approximate surface area is 125 Å².